The molecule has 2 aromatic rings. The summed E-state index contributed by atoms with van der Waals surface area (Å²) in [5.74, 6) is 0.203. The molecule has 0 spiro atoms. The van der Waals surface area contributed by atoms with Gasteiger partial charge in [-0.05, 0) is 19.1 Å². The number of hydrogen-bond acceptors (Lipinski definition) is 5. The van der Waals surface area contributed by atoms with Crippen molar-refractivity contribution in [1.82, 2.24) is 9.38 Å². The van der Waals surface area contributed by atoms with Crippen molar-refractivity contribution in [3.8, 4) is 0 Å². The first kappa shape index (κ1) is 12.4. The number of carbonyl (C=O) groups is 1. The fraction of sp³-hybridized carbons (Fsp3) is 0.333. The maximum absolute atomic E-state index is 11.7. The van der Waals surface area contributed by atoms with Gasteiger partial charge in [0.05, 0.1) is 12.8 Å². The Hall–Kier alpha value is -2.08. The second-order valence-corrected chi connectivity index (χ2v) is 4.23. The largest absolute Gasteiger partial charge is 0.464 e. The number of methoxy groups -OCH3 is 1. The molecule has 0 fully saturated rings. The Labute approximate surface area is 105 Å². The van der Waals surface area contributed by atoms with Gasteiger partial charge in [0.1, 0.15) is 11.3 Å². The molecule has 18 heavy (non-hydrogen) atoms. The highest BCUT2D eigenvalue weighted by Gasteiger charge is 2.20. The van der Waals surface area contributed by atoms with Gasteiger partial charge in [-0.1, -0.05) is 0 Å². The second-order valence-electron chi connectivity index (χ2n) is 4.23. The number of hydrogen-bond donors (Lipinski definition) is 2. The first-order valence-corrected chi connectivity index (χ1v) is 5.64. The summed E-state index contributed by atoms with van der Waals surface area (Å²) in [6.45, 7) is 1.88. The number of esters is 1. The third-order valence-corrected chi connectivity index (χ3v) is 2.65. The van der Waals surface area contributed by atoms with Crippen LogP contribution in [0, 0.1) is 0 Å². The first-order valence-electron chi connectivity index (χ1n) is 5.64. The van der Waals surface area contributed by atoms with E-state index in [0.717, 1.165) is 0 Å². The highest BCUT2D eigenvalue weighted by molar-refractivity contribution is 5.98. The first-order chi connectivity index (χ1) is 8.54. The average Bonchev–Trinajstić information content (AvgIpc) is 2.68. The number of imidazole rings is 1. The smallest absolute Gasteiger partial charge is 0.359 e. The molecule has 0 aliphatic heterocycles. The van der Waals surface area contributed by atoms with Gasteiger partial charge in [0.15, 0.2) is 5.69 Å². The van der Waals surface area contributed by atoms with Gasteiger partial charge in [0.2, 0.25) is 0 Å². The van der Waals surface area contributed by atoms with Crippen molar-refractivity contribution >= 4 is 17.2 Å². The van der Waals surface area contributed by atoms with Crippen molar-refractivity contribution in [3.05, 3.63) is 29.8 Å². The number of aromatic nitrogens is 2. The lowest BCUT2D eigenvalue weighted by Crippen LogP contribution is -2.19. The molecule has 0 aliphatic rings. The minimum absolute atomic E-state index is 0.0532. The fourth-order valence-corrected chi connectivity index (χ4v) is 1.90. The molecule has 0 saturated heterocycles. The molecule has 6 nitrogen and oxygen atoms in total. The van der Waals surface area contributed by atoms with Crippen LogP contribution in [0.1, 0.15) is 23.2 Å². The van der Waals surface area contributed by atoms with Crippen molar-refractivity contribution < 1.29 is 9.53 Å². The Bertz CT molecular complexity index is 589. The number of anilines is 1. The van der Waals surface area contributed by atoms with Crippen LogP contribution in [0.3, 0.4) is 0 Å². The van der Waals surface area contributed by atoms with Crippen molar-refractivity contribution in [3.63, 3.8) is 0 Å². The van der Waals surface area contributed by atoms with Crippen LogP contribution >= 0.6 is 0 Å². The molecular formula is C12H16N4O2. The summed E-state index contributed by atoms with van der Waals surface area (Å²) in [6.07, 6.45) is 2.37. The number of ether oxygens (including phenoxy) is 1. The van der Waals surface area contributed by atoms with Gasteiger partial charge in [-0.3, -0.25) is 0 Å². The van der Waals surface area contributed by atoms with Crippen LogP contribution in [0.25, 0.3) is 5.52 Å². The van der Waals surface area contributed by atoms with E-state index < -0.39 is 5.97 Å². The number of rotatable bonds is 3. The summed E-state index contributed by atoms with van der Waals surface area (Å²) < 4.78 is 6.50. The van der Waals surface area contributed by atoms with Gasteiger partial charge in [-0.15, -0.1) is 0 Å². The standard InChI is InChI=1S/C12H16N4O2/c1-7(13)6-9-15-10(12(17)18-2)11-8(14)4-3-5-16(9)11/h3-5,7H,6,13-14H2,1-2H3. The quantitative estimate of drug-likeness (QED) is 0.775. The molecule has 6 heteroatoms. The van der Waals surface area contributed by atoms with Crippen LogP contribution < -0.4 is 11.5 Å². The molecule has 96 valence electrons. The maximum Gasteiger partial charge on any atom is 0.359 e. The van der Waals surface area contributed by atoms with Crippen LogP contribution in [-0.4, -0.2) is 28.5 Å². The summed E-state index contributed by atoms with van der Waals surface area (Å²) in [4.78, 5) is 16.0. The highest BCUT2D eigenvalue weighted by atomic mass is 16.5. The SMILES string of the molecule is COC(=O)c1nc(CC(C)N)n2cccc(N)c12. The van der Waals surface area contributed by atoms with E-state index in [1.54, 1.807) is 16.5 Å². The van der Waals surface area contributed by atoms with E-state index in [-0.39, 0.29) is 11.7 Å². The van der Waals surface area contributed by atoms with E-state index in [2.05, 4.69) is 4.98 Å². The summed E-state index contributed by atoms with van der Waals surface area (Å²) in [6, 6.07) is 3.47. The molecule has 2 heterocycles. The van der Waals surface area contributed by atoms with Crippen LogP contribution in [0.5, 0.6) is 0 Å². The van der Waals surface area contributed by atoms with Gasteiger partial charge in [-0.25, -0.2) is 9.78 Å². The lowest BCUT2D eigenvalue weighted by Gasteiger charge is -2.04. The van der Waals surface area contributed by atoms with E-state index in [9.17, 15) is 4.79 Å². The van der Waals surface area contributed by atoms with Crippen molar-refractivity contribution in [2.75, 3.05) is 12.8 Å². The fourth-order valence-electron chi connectivity index (χ4n) is 1.90. The molecular weight excluding hydrogens is 232 g/mol. The lowest BCUT2D eigenvalue weighted by atomic mass is 10.2. The predicted molar refractivity (Wildman–Crippen MR) is 68.3 cm³/mol. The maximum atomic E-state index is 11.7. The highest BCUT2D eigenvalue weighted by Crippen LogP contribution is 2.21. The van der Waals surface area contributed by atoms with Crippen molar-refractivity contribution in [2.45, 2.75) is 19.4 Å². The number of nitrogens with zero attached hydrogens (tertiary/aromatic N) is 2. The Morgan fingerprint density at radius 2 is 2.33 bits per heavy atom. The zero-order chi connectivity index (χ0) is 13.3. The summed E-state index contributed by atoms with van der Waals surface area (Å²) in [5.41, 5.74) is 12.9. The minimum atomic E-state index is -0.499. The second kappa shape index (κ2) is 4.66. The Kier molecular flexibility index (Phi) is 3.20. The van der Waals surface area contributed by atoms with E-state index >= 15 is 0 Å². The zero-order valence-corrected chi connectivity index (χ0v) is 10.4. The zero-order valence-electron chi connectivity index (χ0n) is 10.4. The third kappa shape index (κ3) is 2.02. The van der Waals surface area contributed by atoms with E-state index in [0.29, 0.717) is 23.4 Å². The summed E-state index contributed by atoms with van der Waals surface area (Å²) >= 11 is 0. The number of carbonyl (C=O) groups excluding carboxylic acids is 1. The third-order valence-electron chi connectivity index (χ3n) is 2.65. The molecule has 0 saturated carbocycles. The minimum Gasteiger partial charge on any atom is -0.464 e. The molecule has 2 rings (SSSR count). The molecule has 0 amide bonds. The van der Waals surface area contributed by atoms with Crippen LogP contribution in [-0.2, 0) is 11.2 Å². The van der Waals surface area contributed by atoms with Gasteiger partial charge in [0.25, 0.3) is 0 Å². The van der Waals surface area contributed by atoms with Crippen LogP contribution in [0.15, 0.2) is 18.3 Å². The van der Waals surface area contributed by atoms with E-state index in [1.165, 1.54) is 7.11 Å². The Balaban J connectivity index is 2.67. The molecule has 2 aromatic heterocycles. The summed E-state index contributed by atoms with van der Waals surface area (Å²) in [5, 5.41) is 0. The molecule has 1 unspecified atom stereocenters. The van der Waals surface area contributed by atoms with E-state index in [4.69, 9.17) is 16.2 Å². The molecule has 0 aromatic carbocycles. The predicted octanol–water partition coefficient (Wildman–Crippen LogP) is 0.593. The Morgan fingerprint density at radius 3 is 2.94 bits per heavy atom. The van der Waals surface area contributed by atoms with Crippen LogP contribution in [0.4, 0.5) is 5.69 Å². The monoisotopic (exact) mass is 248 g/mol. The Morgan fingerprint density at radius 1 is 1.61 bits per heavy atom. The molecule has 0 bridgehead atoms. The normalized spacial score (nSPS) is 12.6. The van der Waals surface area contributed by atoms with Crippen molar-refractivity contribution in [1.29, 1.82) is 0 Å². The van der Waals surface area contributed by atoms with Gasteiger partial charge < -0.3 is 20.6 Å². The molecule has 1 atom stereocenters. The van der Waals surface area contributed by atoms with E-state index in [1.807, 2.05) is 13.1 Å². The number of fused-ring (bicyclic) bond motifs is 1. The van der Waals surface area contributed by atoms with Gasteiger partial charge >= 0.3 is 5.97 Å². The van der Waals surface area contributed by atoms with Gasteiger partial charge in [0, 0.05) is 18.7 Å². The molecule has 0 radical (unpaired) electrons. The van der Waals surface area contributed by atoms with Crippen molar-refractivity contribution in [2.24, 2.45) is 5.73 Å². The molecule has 4 N–H and O–H groups in total. The summed E-state index contributed by atoms with van der Waals surface area (Å²) in [7, 11) is 1.32. The number of nitrogens with two attached hydrogens (primary N) is 2. The lowest BCUT2D eigenvalue weighted by molar-refractivity contribution is 0.0597. The topological polar surface area (TPSA) is 95.6 Å². The number of nitrogen functional groups attached to an aromatic ring is 1. The average molecular weight is 248 g/mol. The van der Waals surface area contributed by atoms with Gasteiger partial charge in [-0.2, -0.15) is 0 Å². The van der Waals surface area contributed by atoms with Crippen LogP contribution in [0.2, 0.25) is 0 Å². The number of pyridine rings is 1. The molecule has 0 aliphatic carbocycles.